The average molecular weight is 1020 g/mol. The van der Waals surface area contributed by atoms with Gasteiger partial charge in [-0.1, -0.05) is 146 Å². The van der Waals surface area contributed by atoms with Crippen LogP contribution in [0.25, 0.3) is 110 Å². The van der Waals surface area contributed by atoms with Gasteiger partial charge in [0.25, 0.3) is 6.71 Å². The van der Waals surface area contributed by atoms with Crippen LogP contribution in [-0.2, 0) is 0 Å². The molecule has 7 heterocycles. The van der Waals surface area contributed by atoms with Gasteiger partial charge in [-0.25, -0.2) is 0 Å². The lowest BCUT2D eigenvalue weighted by molar-refractivity contribution is 0.464. The summed E-state index contributed by atoms with van der Waals surface area (Å²) < 4.78 is 24.8. The van der Waals surface area contributed by atoms with E-state index in [1.165, 1.54) is 43.1 Å². The van der Waals surface area contributed by atoms with Crippen LogP contribution in [0.15, 0.2) is 255 Å². The second-order valence-corrected chi connectivity index (χ2v) is 21.6. The fourth-order valence-corrected chi connectivity index (χ4v) is 14.4. The molecule has 19 rings (SSSR count). The van der Waals surface area contributed by atoms with Crippen molar-refractivity contribution in [2.45, 2.75) is 0 Å². The third kappa shape index (κ3) is 5.53. The van der Waals surface area contributed by atoms with Crippen molar-refractivity contribution in [3.63, 3.8) is 0 Å². The molecule has 0 aliphatic carbocycles. The van der Waals surface area contributed by atoms with Gasteiger partial charge >= 0.3 is 0 Å². The first kappa shape index (κ1) is 42.4. The summed E-state index contributed by atoms with van der Waals surface area (Å²) in [4.78, 5) is 2.51. The van der Waals surface area contributed by atoms with Gasteiger partial charge in [-0.15, -0.1) is 0 Å². The second kappa shape index (κ2) is 15.5. The Bertz CT molecular complexity index is 5060. The van der Waals surface area contributed by atoms with Crippen molar-refractivity contribution in [1.82, 2.24) is 18.3 Å². The fraction of sp³-hybridized carbons (Fsp3) is 0. The highest BCUT2D eigenvalue weighted by Gasteiger charge is 2.49. The largest absolute Gasteiger partial charge is 0.458 e. The zero-order chi connectivity index (χ0) is 51.9. The smallest absolute Gasteiger partial charge is 0.266 e. The minimum Gasteiger partial charge on any atom is -0.458 e. The standard InChI is InChI=1S/C72H42BN5O2/c1-2-18-43(19-3-1)74-62-33-17-10-26-54(62)55-36-44(34-35-63(55)74)75-64-37-45(76-56-27-11-4-20-48(56)49-21-5-12-28-57(49)76)39-66-70(64)73-71-65(75)38-46(77-58-29-13-6-22-50(58)51-23-7-14-30-59(51)77)40-67(71)80-69-42-47(41-68(79-66)72(69)73)78-60-31-15-8-24-52(60)53-25-9-16-32-61(53)78/h1-42H. The Morgan fingerprint density at radius 1 is 0.225 bits per heavy atom. The third-order valence-electron chi connectivity index (χ3n) is 17.5. The van der Waals surface area contributed by atoms with E-state index in [-0.39, 0.29) is 6.71 Å². The molecule has 3 aliphatic rings. The lowest BCUT2D eigenvalue weighted by Crippen LogP contribution is -2.61. The van der Waals surface area contributed by atoms with E-state index in [2.05, 4.69) is 278 Å². The maximum atomic E-state index is 7.58. The molecule has 0 N–H and O–H groups in total. The SMILES string of the molecule is c1ccc(-n2c3ccccc3c3cc(N4c5cc(-n6c7ccccc7c7ccccc76)cc6c5B5c7c(cc(-n8c9ccccc9c9ccccc98)cc7Oc7cc(-n8c9ccccc9c9ccccc98)cc4c75)O6)ccc32)cc1. The lowest BCUT2D eigenvalue weighted by atomic mass is 9.33. The molecule has 0 bridgehead atoms. The first-order valence-corrected chi connectivity index (χ1v) is 27.4. The monoisotopic (exact) mass is 1020 g/mol. The molecule has 0 amide bonds. The van der Waals surface area contributed by atoms with Crippen molar-refractivity contribution < 1.29 is 9.47 Å². The molecule has 4 aromatic heterocycles. The first-order valence-electron chi connectivity index (χ1n) is 27.4. The summed E-state index contributed by atoms with van der Waals surface area (Å²) in [6.07, 6.45) is 0. The van der Waals surface area contributed by atoms with Crippen molar-refractivity contribution in [3.8, 4) is 45.7 Å². The van der Waals surface area contributed by atoms with Gasteiger partial charge in [-0.3, -0.25) is 0 Å². The summed E-state index contributed by atoms with van der Waals surface area (Å²) in [5.41, 5.74) is 19.6. The molecule has 12 aromatic carbocycles. The van der Waals surface area contributed by atoms with Gasteiger partial charge in [0.15, 0.2) is 0 Å². The molecule has 0 unspecified atom stereocenters. The van der Waals surface area contributed by atoms with Crippen molar-refractivity contribution >= 4 is 127 Å². The Balaban J connectivity index is 0.944. The molecule has 0 atom stereocenters. The topological polar surface area (TPSA) is 41.4 Å². The lowest BCUT2D eigenvalue weighted by Gasteiger charge is -2.43. The molecule has 0 saturated heterocycles. The van der Waals surface area contributed by atoms with Gasteiger partial charge in [0.05, 0.1) is 61.2 Å². The molecule has 0 spiro atoms. The number of hydrogen-bond acceptors (Lipinski definition) is 3. The molecule has 3 aliphatic heterocycles. The molecule has 80 heavy (non-hydrogen) atoms. The zero-order valence-electron chi connectivity index (χ0n) is 42.9. The highest BCUT2D eigenvalue weighted by Crippen LogP contribution is 2.50. The Kier molecular flexibility index (Phi) is 8.22. The van der Waals surface area contributed by atoms with Crippen molar-refractivity contribution in [3.05, 3.63) is 255 Å². The molecule has 0 saturated carbocycles. The number of anilines is 3. The van der Waals surface area contributed by atoms with E-state index in [4.69, 9.17) is 9.47 Å². The number of nitrogens with zero attached hydrogens (tertiary/aromatic N) is 5. The molecule has 0 fully saturated rings. The van der Waals surface area contributed by atoms with Gasteiger partial charge in [-0.2, -0.15) is 0 Å². The van der Waals surface area contributed by atoms with E-state index in [1.54, 1.807) is 0 Å². The summed E-state index contributed by atoms with van der Waals surface area (Å²) in [5.74, 6) is 3.21. The molecular weight excluding hydrogens is 978 g/mol. The van der Waals surface area contributed by atoms with Gasteiger partial charge in [-0.05, 0) is 95.9 Å². The zero-order valence-corrected chi connectivity index (χ0v) is 42.9. The number of benzene rings is 12. The Hall–Kier alpha value is -10.7. The predicted molar refractivity (Wildman–Crippen MR) is 330 cm³/mol. The van der Waals surface area contributed by atoms with Gasteiger partial charge in [0.2, 0.25) is 0 Å². The summed E-state index contributed by atoms with van der Waals surface area (Å²) in [7, 11) is 0. The Labute approximate surface area is 458 Å². The normalized spacial score (nSPS) is 13.2. The molecule has 370 valence electrons. The maximum Gasteiger partial charge on any atom is 0.266 e. The van der Waals surface area contributed by atoms with E-state index in [0.717, 1.165) is 123 Å². The molecule has 8 heteroatoms. The van der Waals surface area contributed by atoms with E-state index in [1.807, 2.05) is 0 Å². The summed E-state index contributed by atoms with van der Waals surface area (Å²) in [6, 6.07) is 92.9. The van der Waals surface area contributed by atoms with Crippen molar-refractivity contribution in [1.29, 1.82) is 0 Å². The highest BCUT2D eigenvalue weighted by atomic mass is 16.5. The quantitative estimate of drug-likeness (QED) is 0.161. The van der Waals surface area contributed by atoms with E-state index in [9.17, 15) is 0 Å². The first-order chi connectivity index (χ1) is 39.7. The van der Waals surface area contributed by atoms with Crippen LogP contribution in [0.3, 0.4) is 0 Å². The minimum absolute atomic E-state index is 0.218. The van der Waals surface area contributed by atoms with Crippen LogP contribution in [-0.4, -0.2) is 25.0 Å². The van der Waals surface area contributed by atoms with Gasteiger partial charge in [0, 0.05) is 95.6 Å². The third-order valence-corrected chi connectivity index (χ3v) is 17.5. The number of para-hydroxylation sites is 8. The van der Waals surface area contributed by atoms with Crippen LogP contribution in [0.1, 0.15) is 0 Å². The second-order valence-electron chi connectivity index (χ2n) is 21.6. The Morgan fingerprint density at radius 2 is 0.525 bits per heavy atom. The van der Waals surface area contributed by atoms with Crippen molar-refractivity contribution in [2.24, 2.45) is 0 Å². The molecular formula is C72H42BN5O2. The van der Waals surface area contributed by atoms with Crippen LogP contribution < -0.4 is 30.8 Å². The van der Waals surface area contributed by atoms with Gasteiger partial charge < -0.3 is 32.6 Å². The molecule has 7 nitrogen and oxygen atoms in total. The van der Waals surface area contributed by atoms with E-state index < -0.39 is 0 Å². The number of rotatable bonds is 5. The minimum atomic E-state index is -0.218. The van der Waals surface area contributed by atoms with Crippen LogP contribution in [0.5, 0.6) is 23.0 Å². The van der Waals surface area contributed by atoms with E-state index in [0.29, 0.717) is 0 Å². The average Bonchev–Trinajstić information content (AvgIpc) is 3.92. The number of aromatic nitrogens is 4. The predicted octanol–water partition coefficient (Wildman–Crippen LogP) is 16.6. The van der Waals surface area contributed by atoms with Crippen molar-refractivity contribution in [2.75, 3.05) is 4.90 Å². The summed E-state index contributed by atoms with van der Waals surface area (Å²) in [6.45, 7) is -0.218. The summed E-state index contributed by atoms with van der Waals surface area (Å²) >= 11 is 0. The van der Waals surface area contributed by atoms with Crippen LogP contribution in [0.2, 0.25) is 0 Å². The fourth-order valence-electron chi connectivity index (χ4n) is 14.4. The van der Waals surface area contributed by atoms with Crippen LogP contribution in [0.4, 0.5) is 17.1 Å². The number of hydrogen-bond donors (Lipinski definition) is 0. The summed E-state index contributed by atoms with van der Waals surface area (Å²) in [5, 5.41) is 9.56. The van der Waals surface area contributed by atoms with Crippen LogP contribution >= 0.6 is 0 Å². The maximum absolute atomic E-state index is 7.58. The van der Waals surface area contributed by atoms with Gasteiger partial charge in [0.1, 0.15) is 23.0 Å². The highest BCUT2D eigenvalue weighted by molar-refractivity contribution is 7.00. The number of fused-ring (bicyclic) bond motifs is 12. The van der Waals surface area contributed by atoms with E-state index >= 15 is 0 Å². The molecule has 16 aromatic rings. The molecule has 0 radical (unpaired) electrons. The number of ether oxygens (including phenoxy) is 2. The van der Waals surface area contributed by atoms with Crippen LogP contribution in [0, 0.1) is 0 Å². The Morgan fingerprint density at radius 3 is 0.912 bits per heavy atom.